The lowest BCUT2D eigenvalue weighted by atomic mass is 10.1. The number of aryl methyl sites for hydroxylation is 2. The molecule has 1 heterocycles. The number of H-pyrrole nitrogens is 1. The van der Waals surface area contributed by atoms with Crippen LogP contribution in [0.3, 0.4) is 0 Å². The van der Waals surface area contributed by atoms with Crippen molar-refractivity contribution in [3.63, 3.8) is 0 Å². The third-order valence-electron chi connectivity index (χ3n) is 2.06. The van der Waals surface area contributed by atoms with Gasteiger partial charge in [0, 0.05) is 5.56 Å². The molecule has 0 saturated heterocycles. The second-order valence-electron chi connectivity index (χ2n) is 3.24. The van der Waals surface area contributed by atoms with Gasteiger partial charge in [-0.1, -0.05) is 29.0 Å². The first kappa shape index (κ1) is 9.55. The van der Waals surface area contributed by atoms with E-state index in [9.17, 15) is 0 Å². The Bertz CT molecular complexity index is 511. The first-order chi connectivity index (χ1) is 6.66. The van der Waals surface area contributed by atoms with Gasteiger partial charge in [0.15, 0.2) is 3.95 Å². The molecule has 4 heteroatoms. The van der Waals surface area contributed by atoms with Gasteiger partial charge in [-0.3, -0.25) is 5.10 Å². The summed E-state index contributed by atoms with van der Waals surface area (Å²) in [5, 5.41) is 7.94. The summed E-state index contributed by atoms with van der Waals surface area (Å²) in [6, 6.07) is 6.34. The Morgan fingerprint density at radius 2 is 2.14 bits per heavy atom. The molecule has 14 heavy (non-hydrogen) atoms. The average Bonchev–Trinajstić information content (AvgIpc) is 2.56. The van der Waals surface area contributed by atoms with Gasteiger partial charge in [0.05, 0.1) is 0 Å². The van der Waals surface area contributed by atoms with Crippen LogP contribution in [0, 0.1) is 17.8 Å². The van der Waals surface area contributed by atoms with Crippen molar-refractivity contribution in [2.24, 2.45) is 0 Å². The van der Waals surface area contributed by atoms with Gasteiger partial charge in [-0.2, -0.15) is 5.10 Å². The molecule has 0 aliphatic rings. The van der Waals surface area contributed by atoms with Crippen LogP contribution in [0.1, 0.15) is 11.1 Å². The van der Waals surface area contributed by atoms with Crippen molar-refractivity contribution in [3.8, 4) is 10.6 Å². The molecular formula is C10H10N2S2. The Morgan fingerprint density at radius 1 is 1.36 bits per heavy atom. The predicted octanol–water partition coefficient (Wildman–Crippen LogP) is 3.48. The van der Waals surface area contributed by atoms with Crippen LogP contribution < -0.4 is 0 Å². The van der Waals surface area contributed by atoms with E-state index >= 15 is 0 Å². The number of aromatic amines is 1. The molecule has 0 atom stereocenters. The van der Waals surface area contributed by atoms with E-state index in [1.807, 2.05) is 0 Å². The molecule has 0 spiro atoms. The van der Waals surface area contributed by atoms with Gasteiger partial charge in [-0.25, -0.2) is 0 Å². The monoisotopic (exact) mass is 222 g/mol. The van der Waals surface area contributed by atoms with E-state index in [4.69, 9.17) is 12.2 Å². The Labute approximate surface area is 91.6 Å². The third-order valence-corrected chi connectivity index (χ3v) is 3.18. The number of hydrogen-bond donors (Lipinski definition) is 1. The van der Waals surface area contributed by atoms with Crippen molar-refractivity contribution >= 4 is 23.6 Å². The van der Waals surface area contributed by atoms with Crippen molar-refractivity contribution in [2.75, 3.05) is 0 Å². The molecule has 2 rings (SSSR count). The minimum atomic E-state index is 0.723. The Balaban J connectivity index is 2.61. The van der Waals surface area contributed by atoms with Gasteiger partial charge in [-0.15, -0.1) is 0 Å². The van der Waals surface area contributed by atoms with Crippen LogP contribution in [0.15, 0.2) is 18.2 Å². The van der Waals surface area contributed by atoms with E-state index in [-0.39, 0.29) is 0 Å². The van der Waals surface area contributed by atoms with Gasteiger partial charge in [0.25, 0.3) is 0 Å². The SMILES string of the molecule is Cc1ccc(C)c(-c2n[nH]c(=S)s2)c1. The molecule has 1 aromatic carbocycles. The molecule has 2 nitrogen and oxygen atoms in total. The lowest BCUT2D eigenvalue weighted by molar-refractivity contribution is 1.08. The van der Waals surface area contributed by atoms with Gasteiger partial charge < -0.3 is 0 Å². The van der Waals surface area contributed by atoms with Crippen LogP contribution in [0.4, 0.5) is 0 Å². The van der Waals surface area contributed by atoms with E-state index in [1.54, 1.807) is 0 Å². The smallest absolute Gasteiger partial charge is 0.176 e. The highest BCUT2D eigenvalue weighted by molar-refractivity contribution is 7.73. The normalized spacial score (nSPS) is 10.4. The van der Waals surface area contributed by atoms with Gasteiger partial charge in [0.2, 0.25) is 0 Å². The van der Waals surface area contributed by atoms with Crippen LogP contribution in [0.5, 0.6) is 0 Å². The number of nitrogens with zero attached hydrogens (tertiary/aromatic N) is 1. The summed E-state index contributed by atoms with van der Waals surface area (Å²) in [5.74, 6) is 0. The van der Waals surface area contributed by atoms with Gasteiger partial charge in [0.1, 0.15) is 5.01 Å². The molecule has 72 valence electrons. The zero-order chi connectivity index (χ0) is 10.1. The fourth-order valence-corrected chi connectivity index (χ4v) is 2.28. The molecule has 0 radical (unpaired) electrons. The zero-order valence-electron chi connectivity index (χ0n) is 8.00. The van der Waals surface area contributed by atoms with Crippen molar-refractivity contribution in [1.29, 1.82) is 0 Å². The van der Waals surface area contributed by atoms with Crippen molar-refractivity contribution < 1.29 is 0 Å². The Kier molecular flexibility index (Phi) is 2.48. The molecule has 2 aromatic rings. The number of nitrogens with one attached hydrogen (secondary N) is 1. The van der Waals surface area contributed by atoms with Crippen LogP contribution in [-0.4, -0.2) is 10.2 Å². The quantitative estimate of drug-likeness (QED) is 0.748. The van der Waals surface area contributed by atoms with Crippen molar-refractivity contribution in [2.45, 2.75) is 13.8 Å². The van der Waals surface area contributed by atoms with E-state index in [1.165, 1.54) is 28.0 Å². The molecule has 0 aliphatic carbocycles. The summed E-state index contributed by atoms with van der Waals surface area (Å²) in [4.78, 5) is 0. The lowest BCUT2D eigenvalue weighted by Gasteiger charge is -2.02. The lowest BCUT2D eigenvalue weighted by Crippen LogP contribution is -1.83. The standard InChI is InChI=1S/C10H10N2S2/c1-6-3-4-7(2)8(5-6)9-11-12-10(13)14-9/h3-5H,1-2H3,(H,12,13). The molecular weight excluding hydrogens is 212 g/mol. The number of hydrogen-bond acceptors (Lipinski definition) is 3. The topological polar surface area (TPSA) is 28.7 Å². The van der Waals surface area contributed by atoms with Crippen LogP contribution >= 0.6 is 23.6 Å². The Morgan fingerprint density at radius 3 is 2.79 bits per heavy atom. The van der Waals surface area contributed by atoms with Crippen molar-refractivity contribution in [1.82, 2.24) is 10.2 Å². The first-order valence-electron chi connectivity index (χ1n) is 4.30. The molecule has 0 fully saturated rings. The van der Waals surface area contributed by atoms with E-state index < -0.39 is 0 Å². The van der Waals surface area contributed by atoms with Gasteiger partial charge in [-0.05, 0) is 37.7 Å². The summed E-state index contributed by atoms with van der Waals surface area (Å²) in [6.07, 6.45) is 0. The molecule has 0 unspecified atom stereocenters. The molecule has 1 aromatic heterocycles. The maximum atomic E-state index is 5.01. The van der Waals surface area contributed by atoms with Crippen molar-refractivity contribution in [3.05, 3.63) is 33.3 Å². The number of benzene rings is 1. The highest BCUT2D eigenvalue weighted by Gasteiger charge is 2.05. The summed E-state index contributed by atoms with van der Waals surface area (Å²) in [5.41, 5.74) is 3.64. The van der Waals surface area contributed by atoms with Gasteiger partial charge >= 0.3 is 0 Å². The fourth-order valence-electron chi connectivity index (χ4n) is 1.31. The molecule has 1 N–H and O–H groups in total. The maximum Gasteiger partial charge on any atom is 0.176 e. The van der Waals surface area contributed by atoms with E-state index in [2.05, 4.69) is 42.2 Å². The third kappa shape index (κ3) is 1.76. The summed E-state index contributed by atoms with van der Waals surface area (Å²) in [7, 11) is 0. The molecule has 0 saturated carbocycles. The largest absolute Gasteiger partial charge is 0.258 e. The number of rotatable bonds is 1. The average molecular weight is 222 g/mol. The second kappa shape index (κ2) is 3.63. The predicted molar refractivity (Wildman–Crippen MR) is 62.2 cm³/mol. The number of aromatic nitrogens is 2. The highest BCUT2D eigenvalue weighted by Crippen LogP contribution is 2.25. The van der Waals surface area contributed by atoms with Crippen LogP contribution in [0.25, 0.3) is 10.6 Å². The molecule has 0 bridgehead atoms. The second-order valence-corrected chi connectivity index (χ2v) is 4.90. The summed E-state index contributed by atoms with van der Waals surface area (Å²) < 4.78 is 0.723. The molecule has 0 aliphatic heterocycles. The minimum absolute atomic E-state index is 0.723. The van der Waals surface area contributed by atoms with Crippen LogP contribution in [-0.2, 0) is 0 Å². The van der Waals surface area contributed by atoms with E-state index in [0.29, 0.717) is 0 Å². The minimum Gasteiger partial charge on any atom is -0.258 e. The molecule has 0 amide bonds. The fraction of sp³-hybridized carbons (Fsp3) is 0.200. The zero-order valence-corrected chi connectivity index (χ0v) is 9.63. The first-order valence-corrected chi connectivity index (χ1v) is 5.52. The summed E-state index contributed by atoms with van der Waals surface area (Å²) in [6.45, 7) is 4.16. The highest BCUT2D eigenvalue weighted by atomic mass is 32.1. The Hall–Kier alpha value is -1.00. The van der Waals surface area contributed by atoms with E-state index in [0.717, 1.165) is 8.96 Å². The summed E-state index contributed by atoms with van der Waals surface area (Å²) >= 11 is 6.52. The maximum absolute atomic E-state index is 5.01. The van der Waals surface area contributed by atoms with Crippen LogP contribution in [0.2, 0.25) is 0 Å².